The van der Waals surface area contributed by atoms with Gasteiger partial charge in [-0.25, -0.2) is 0 Å². The zero-order chi connectivity index (χ0) is 13.7. The number of rotatable bonds is 5. The lowest BCUT2D eigenvalue weighted by Crippen LogP contribution is -2.47. The zero-order valence-corrected chi connectivity index (χ0v) is 13.2. The molecule has 1 saturated carbocycles. The standard InChI is InChI=1S/C16H33N3/c1-14-6-8-15(9-7-14)17-10-12-19-11-4-5-16(13-19)18(2)3/h14-17H,4-13H2,1-3H3. The molecule has 1 unspecified atom stereocenters. The molecule has 0 spiro atoms. The van der Waals surface area contributed by atoms with E-state index in [1.807, 2.05) is 0 Å². The SMILES string of the molecule is CC1CCC(NCCN2CCCC(N(C)C)C2)CC1. The Kier molecular flexibility index (Phi) is 6.11. The second-order valence-corrected chi connectivity index (χ2v) is 6.97. The zero-order valence-electron chi connectivity index (χ0n) is 13.2. The van der Waals surface area contributed by atoms with E-state index < -0.39 is 0 Å². The van der Waals surface area contributed by atoms with E-state index in [9.17, 15) is 0 Å². The smallest absolute Gasteiger partial charge is 0.0217 e. The summed E-state index contributed by atoms with van der Waals surface area (Å²) in [4.78, 5) is 5.04. The number of hydrogen-bond donors (Lipinski definition) is 1. The van der Waals surface area contributed by atoms with Crippen molar-refractivity contribution in [1.82, 2.24) is 15.1 Å². The topological polar surface area (TPSA) is 18.5 Å². The van der Waals surface area contributed by atoms with Gasteiger partial charge in [-0.05, 0) is 65.1 Å². The average Bonchev–Trinajstić information content (AvgIpc) is 2.41. The molecule has 3 nitrogen and oxygen atoms in total. The first-order valence-electron chi connectivity index (χ1n) is 8.27. The molecule has 112 valence electrons. The summed E-state index contributed by atoms with van der Waals surface area (Å²) in [5, 5.41) is 3.78. The fraction of sp³-hybridized carbons (Fsp3) is 1.00. The van der Waals surface area contributed by atoms with E-state index in [2.05, 4.69) is 36.1 Å². The highest BCUT2D eigenvalue weighted by molar-refractivity contribution is 4.79. The van der Waals surface area contributed by atoms with E-state index in [4.69, 9.17) is 0 Å². The molecule has 1 aliphatic heterocycles. The Labute approximate surface area is 119 Å². The van der Waals surface area contributed by atoms with E-state index in [0.717, 1.165) is 18.0 Å². The summed E-state index contributed by atoms with van der Waals surface area (Å²) in [7, 11) is 4.44. The van der Waals surface area contributed by atoms with Crippen LogP contribution in [0.2, 0.25) is 0 Å². The Bertz CT molecular complexity index is 246. The number of piperidine rings is 1. The fourth-order valence-electron chi connectivity index (χ4n) is 3.55. The lowest BCUT2D eigenvalue weighted by molar-refractivity contribution is 0.132. The molecule has 1 heterocycles. The molecule has 1 atom stereocenters. The molecule has 1 N–H and O–H groups in total. The van der Waals surface area contributed by atoms with Gasteiger partial charge in [0, 0.05) is 31.7 Å². The summed E-state index contributed by atoms with van der Waals surface area (Å²) in [5.41, 5.74) is 0. The molecule has 3 heteroatoms. The molecule has 0 aromatic rings. The molecule has 0 radical (unpaired) electrons. The largest absolute Gasteiger partial charge is 0.313 e. The van der Waals surface area contributed by atoms with Crippen molar-refractivity contribution in [3.63, 3.8) is 0 Å². The van der Waals surface area contributed by atoms with Crippen LogP contribution in [0.25, 0.3) is 0 Å². The highest BCUT2D eigenvalue weighted by atomic mass is 15.2. The molecule has 0 amide bonds. The van der Waals surface area contributed by atoms with Crippen LogP contribution in [-0.2, 0) is 0 Å². The van der Waals surface area contributed by atoms with Gasteiger partial charge in [0.05, 0.1) is 0 Å². The van der Waals surface area contributed by atoms with Crippen molar-refractivity contribution in [1.29, 1.82) is 0 Å². The summed E-state index contributed by atoms with van der Waals surface area (Å²) in [6.07, 6.45) is 8.36. The lowest BCUT2D eigenvalue weighted by atomic mass is 9.87. The second kappa shape index (κ2) is 7.61. The molecule has 2 rings (SSSR count). The Hall–Kier alpha value is -0.120. The van der Waals surface area contributed by atoms with E-state index in [0.29, 0.717) is 0 Å². The van der Waals surface area contributed by atoms with Gasteiger partial charge in [0.25, 0.3) is 0 Å². The minimum atomic E-state index is 0.768. The Morgan fingerprint density at radius 3 is 2.53 bits per heavy atom. The molecule has 2 fully saturated rings. The summed E-state index contributed by atoms with van der Waals surface area (Å²) in [6.45, 7) is 7.37. The third-order valence-corrected chi connectivity index (χ3v) is 5.09. The van der Waals surface area contributed by atoms with Gasteiger partial charge < -0.3 is 15.1 Å². The van der Waals surface area contributed by atoms with Crippen LogP contribution in [0.3, 0.4) is 0 Å². The molecule has 1 saturated heterocycles. The monoisotopic (exact) mass is 267 g/mol. The van der Waals surface area contributed by atoms with Crippen molar-refractivity contribution in [2.75, 3.05) is 40.3 Å². The Balaban J connectivity index is 1.60. The molecule has 0 aromatic heterocycles. The summed E-state index contributed by atoms with van der Waals surface area (Å²) in [6, 6.07) is 1.56. The predicted molar refractivity (Wildman–Crippen MR) is 82.6 cm³/mol. The van der Waals surface area contributed by atoms with Crippen LogP contribution in [-0.4, -0.2) is 62.2 Å². The van der Waals surface area contributed by atoms with Gasteiger partial charge in [-0.2, -0.15) is 0 Å². The molecular weight excluding hydrogens is 234 g/mol. The maximum absolute atomic E-state index is 3.78. The molecule has 0 aromatic carbocycles. The van der Waals surface area contributed by atoms with Gasteiger partial charge in [-0.3, -0.25) is 0 Å². The van der Waals surface area contributed by atoms with Crippen LogP contribution >= 0.6 is 0 Å². The Morgan fingerprint density at radius 1 is 1.11 bits per heavy atom. The normalized spacial score (nSPS) is 33.8. The molecule has 19 heavy (non-hydrogen) atoms. The number of nitrogens with zero attached hydrogens (tertiary/aromatic N) is 2. The van der Waals surface area contributed by atoms with Crippen LogP contribution in [0, 0.1) is 5.92 Å². The van der Waals surface area contributed by atoms with E-state index in [1.165, 1.54) is 64.7 Å². The van der Waals surface area contributed by atoms with Crippen LogP contribution < -0.4 is 5.32 Å². The molecule has 2 aliphatic rings. The van der Waals surface area contributed by atoms with Crippen molar-refractivity contribution < 1.29 is 0 Å². The number of nitrogens with one attached hydrogen (secondary N) is 1. The van der Waals surface area contributed by atoms with Crippen molar-refractivity contribution in [3.8, 4) is 0 Å². The summed E-state index contributed by atoms with van der Waals surface area (Å²) >= 11 is 0. The minimum absolute atomic E-state index is 0.768. The fourth-order valence-corrected chi connectivity index (χ4v) is 3.55. The van der Waals surface area contributed by atoms with E-state index in [-0.39, 0.29) is 0 Å². The maximum Gasteiger partial charge on any atom is 0.0217 e. The van der Waals surface area contributed by atoms with Gasteiger partial charge in [-0.1, -0.05) is 6.92 Å². The Morgan fingerprint density at radius 2 is 1.84 bits per heavy atom. The highest BCUT2D eigenvalue weighted by Crippen LogP contribution is 2.23. The predicted octanol–water partition coefficient (Wildman–Crippen LogP) is 2.18. The van der Waals surface area contributed by atoms with Crippen LogP contribution in [0.4, 0.5) is 0 Å². The average molecular weight is 267 g/mol. The van der Waals surface area contributed by atoms with Crippen LogP contribution in [0.15, 0.2) is 0 Å². The van der Waals surface area contributed by atoms with Crippen molar-refractivity contribution >= 4 is 0 Å². The van der Waals surface area contributed by atoms with E-state index in [1.54, 1.807) is 0 Å². The van der Waals surface area contributed by atoms with Crippen molar-refractivity contribution in [3.05, 3.63) is 0 Å². The van der Waals surface area contributed by atoms with Gasteiger partial charge in [0.2, 0.25) is 0 Å². The van der Waals surface area contributed by atoms with Gasteiger partial charge in [-0.15, -0.1) is 0 Å². The molecule has 1 aliphatic carbocycles. The lowest BCUT2D eigenvalue weighted by Gasteiger charge is -2.36. The number of hydrogen-bond acceptors (Lipinski definition) is 3. The van der Waals surface area contributed by atoms with Crippen LogP contribution in [0.1, 0.15) is 45.4 Å². The third-order valence-electron chi connectivity index (χ3n) is 5.09. The number of likely N-dealkylation sites (N-methyl/N-ethyl adjacent to an activating group) is 1. The van der Waals surface area contributed by atoms with Gasteiger partial charge >= 0.3 is 0 Å². The second-order valence-electron chi connectivity index (χ2n) is 6.97. The van der Waals surface area contributed by atoms with E-state index >= 15 is 0 Å². The molecular formula is C16H33N3. The minimum Gasteiger partial charge on any atom is -0.313 e. The van der Waals surface area contributed by atoms with Gasteiger partial charge in [0.1, 0.15) is 0 Å². The van der Waals surface area contributed by atoms with Crippen LogP contribution in [0.5, 0.6) is 0 Å². The van der Waals surface area contributed by atoms with Gasteiger partial charge in [0.15, 0.2) is 0 Å². The summed E-state index contributed by atoms with van der Waals surface area (Å²) < 4.78 is 0. The first kappa shape index (κ1) is 15.3. The quantitative estimate of drug-likeness (QED) is 0.824. The maximum atomic E-state index is 3.78. The first-order valence-corrected chi connectivity index (χ1v) is 8.27. The molecule has 0 bridgehead atoms. The first-order chi connectivity index (χ1) is 9.15. The van der Waals surface area contributed by atoms with Crippen molar-refractivity contribution in [2.24, 2.45) is 5.92 Å². The highest BCUT2D eigenvalue weighted by Gasteiger charge is 2.21. The van der Waals surface area contributed by atoms with Crippen molar-refractivity contribution in [2.45, 2.75) is 57.5 Å². The number of likely N-dealkylation sites (tertiary alicyclic amines) is 1. The third kappa shape index (κ3) is 5.05. The summed E-state index contributed by atoms with van der Waals surface area (Å²) in [5.74, 6) is 0.959.